The van der Waals surface area contributed by atoms with E-state index in [1.165, 1.54) is 5.48 Å². The first-order valence-electron chi connectivity index (χ1n) is 4.73. The molecule has 0 radical (unpaired) electrons. The minimum absolute atomic E-state index is 0.367. The zero-order chi connectivity index (χ0) is 12.1. The van der Waals surface area contributed by atoms with Crippen molar-refractivity contribution in [2.45, 2.75) is 45.8 Å². The third-order valence-corrected chi connectivity index (χ3v) is 1.53. The van der Waals surface area contributed by atoms with Crippen LogP contribution in [0.4, 0.5) is 4.79 Å². The van der Waals surface area contributed by atoms with Gasteiger partial charge in [-0.05, 0) is 27.2 Å². The van der Waals surface area contributed by atoms with Crippen LogP contribution >= 0.6 is 0 Å². The van der Waals surface area contributed by atoms with Gasteiger partial charge < -0.3 is 10.1 Å². The topological polar surface area (TPSA) is 87.7 Å². The molecule has 2 amide bonds. The number of carbonyl (C=O) groups excluding carboxylic acids is 2. The van der Waals surface area contributed by atoms with Gasteiger partial charge in [0, 0.05) is 0 Å². The van der Waals surface area contributed by atoms with Crippen molar-refractivity contribution >= 4 is 12.0 Å². The Balaban J connectivity index is 4.20. The molecular weight excluding hydrogens is 200 g/mol. The Morgan fingerprint density at radius 3 is 2.27 bits per heavy atom. The lowest BCUT2D eigenvalue weighted by molar-refractivity contribution is -0.131. The van der Waals surface area contributed by atoms with Crippen LogP contribution in [0.2, 0.25) is 0 Å². The second kappa shape index (κ2) is 5.55. The average molecular weight is 218 g/mol. The summed E-state index contributed by atoms with van der Waals surface area (Å²) in [6, 6.07) is -0.787. The molecule has 1 atom stereocenters. The largest absolute Gasteiger partial charge is 0.444 e. The highest BCUT2D eigenvalue weighted by Crippen LogP contribution is 2.07. The number of hydroxylamine groups is 1. The van der Waals surface area contributed by atoms with Crippen LogP contribution in [0.25, 0.3) is 0 Å². The van der Waals surface area contributed by atoms with Gasteiger partial charge in [0.25, 0.3) is 5.91 Å². The van der Waals surface area contributed by atoms with E-state index in [9.17, 15) is 9.59 Å². The minimum Gasteiger partial charge on any atom is -0.444 e. The van der Waals surface area contributed by atoms with Crippen molar-refractivity contribution in [2.24, 2.45) is 0 Å². The first-order chi connectivity index (χ1) is 6.80. The molecule has 0 aromatic rings. The summed E-state index contributed by atoms with van der Waals surface area (Å²) in [6.07, 6.45) is -0.316. The van der Waals surface area contributed by atoms with Crippen molar-refractivity contribution in [1.29, 1.82) is 0 Å². The molecule has 0 aromatic carbocycles. The van der Waals surface area contributed by atoms with Crippen molar-refractivity contribution in [3.05, 3.63) is 0 Å². The molecule has 0 spiro atoms. The number of amides is 2. The lowest BCUT2D eigenvalue weighted by atomic mass is 10.2. The molecular formula is C9H18N2O4. The Hall–Kier alpha value is -1.30. The lowest BCUT2D eigenvalue weighted by Gasteiger charge is -2.22. The molecule has 3 N–H and O–H groups in total. The van der Waals surface area contributed by atoms with E-state index in [0.717, 1.165) is 0 Å². The van der Waals surface area contributed by atoms with Crippen LogP contribution in [0.3, 0.4) is 0 Å². The standard InChI is InChI=1S/C9H18N2O4/c1-5-6(7(12)11-14)10-8(13)15-9(2,3)4/h6,14H,5H2,1-4H3,(H,10,13)(H,11,12)/t6-/m0/s1. The van der Waals surface area contributed by atoms with E-state index < -0.39 is 23.6 Å². The number of ether oxygens (including phenoxy) is 1. The third kappa shape index (κ3) is 5.90. The van der Waals surface area contributed by atoms with Gasteiger partial charge >= 0.3 is 6.09 Å². The van der Waals surface area contributed by atoms with Crippen LogP contribution in [0.1, 0.15) is 34.1 Å². The summed E-state index contributed by atoms with van der Waals surface area (Å²) in [5.74, 6) is -0.664. The lowest BCUT2D eigenvalue weighted by Crippen LogP contribution is -2.47. The molecule has 0 unspecified atom stereocenters. The first-order valence-corrected chi connectivity index (χ1v) is 4.73. The van der Waals surface area contributed by atoms with Gasteiger partial charge in [-0.1, -0.05) is 6.92 Å². The van der Waals surface area contributed by atoms with Gasteiger partial charge in [-0.3, -0.25) is 10.0 Å². The maximum Gasteiger partial charge on any atom is 0.408 e. The Labute approximate surface area is 88.9 Å². The van der Waals surface area contributed by atoms with Gasteiger partial charge in [-0.25, -0.2) is 10.3 Å². The fraction of sp³-hybridized carbons (Fsp3) is 0.778. The summed E-state index contributed by atoms with van der Waals surface area (Å²) in [5.41, 5.74) is 0.862. The van der Waals surface area contributed by atoms with Crippen LogP contribution in [-0.2, 0) is 9.53 Å². The molecule has 0 saturated carbocycles. The molecule has 0 aliphatic rings. The van der Waals surface area contributed by atoms with Crippen LogP contribution in [0.15, 0.2) is 0 Å². The van der Waals surface area contributed by atoms with Crippen LogP contribution < -0.4 is 10.8 Å². The zero-order valence-corrected chi connectivity index (χ0v) is 9.46. The molecule has 0 fully saturated rings. The summed E-state index contributed by atoms with van der Waals surface area (Å²) < 4.78 is 4.95. The highest BCUT2D eigenvalue weighted by molar-refractivity contribution is 5.84. The SMILES string of the molecule is CC[C@H](NC(=O)OC(C)(C)C)C(=O)NO. The second-order valence-corrected chi connectivity index (χ2v) is 4.08. The number of rotatable bonds is 3. The molecule has 0 heterocycles. The summed E-state index contributed by atoms with van der Waals surface area (Å²) >= 11 is 0. The number of hydrogen-bond donors (Lipinski definition) is 3. The van der Waals surface area contributed by atoms with E-state index in [1.807, 2.05) is 0 Å². The van der Waals surface area contributed by atoms with Crippen LogP contribution in [0, 0.1) is 0 Å². The Kier molecular flexibility index (Phi) is 5.07. The maximum absolute atomic E-state index is 11.3. The number of carbonyl (C=O) groups is 2. The Bertz CT molecular complexity index is 235. The van der Waals surface area contributed by atoms with Crippen molar-refractivity contribution in [2.75, 3.05) is 0 Å². The van der Waals surface area contributed by atoms with Gasteiger partial charge in [0.2, 0.25) is 0 Å². The van der Waals surface area contributed by atoms with E-state index in [0.29, 0.717) is 6.42 Å². The summed E-state index contributed by atoms with van der Waals surface area (Å²) in [7, 11) is 0. The van der Waals surface area contributed by atoms with Gasteiger partial charge in [0.1, 0.15) is 11.6 Å². The van der Waals surface area contributed by atoms with E-state index in [4.69, 9.17) is 9.94 Å². The van der Waals surface area contributed by atoms with E-state index in [1.54, 1.807) is 27.7 Å². The Morgan fingerprint density at radius 1 is 1.40 bits per heavy atom. The highest BCUT2D eigenvalue weighted by atomic mass is 16.6. The fourth-order valence-electron chi connectivity index (χ4n) is 0.881. The van der Waals surface area contributed by atoms with Gasteiger partial charge in [0.15, 0.2) is 0 Å². The number of hydrogen-bond acceptors (Lipinski definition) is 4. The predicted octanol–water partition coefficient (Wildman–Crippen LogP) is 0.795. The molecule has 0 aliphatic heterocycles. The molecule has 0 rings (SSSR count). The highest BCUT2D eigenvalue weighted by Gasteiger charge is 2.22. The van der Waals surface area contributed by atoms with Crippen molar-refractivity contribution in [3.63, 3.8) is 0 Å². The summed E-state index contributed by atoms with van der Waals surface area (Å²) in [4.78, 5) is 22.3. The molecule has 0 aliphatic carbocycles. The normalized spacial score (nSPS) is 12.9. The summed E-state index contributed by atoms with van der Waals surface area (Å²) in [5, 5.41) is 10.7. The van der Waals surface area contributed by atoms with E-state index in [-0.39, 0.29) is 0 Å². The van der Waals surface area contributed by atoms with Crippen molar-refractivity contribution in [3.8, 4) is 0 Å². The van der Waals surface area contributed by atoms with Gasteiger partial charge in [0.05, 0.1) is 0 Å². The van der Waals surface area contributed by atoms with Gasteiger partial charge in [-0.15, -0.1) is 0 Å². The molecule has 6 heteroatoms. The van der Waals surface area contributed by atoms with E-state index >= 15 is 0 Å². The number of alkyl carbamates (subject to hydrolysis) is 1. The van der Waals surface area contributed by atoms with Crippen molar-refractivity contribution in [1.82, 2.24) is 10.8 Å². The minimum atomic E-state index is -0.787. The number of nitrogens with one attached hydrogen (secondary N) is 2. The molecule has 88 valence electrons. The Morgan fingerprint density at radius 2 is 1.93 bits per heavy atom. The maximum atomic E-state index is 11.3. The quantitative estimate of drug-likeness (QED) is 0.483. The average Bonchev–Trinajstić information content (AvgIpc) is 2.10. The smallest absolute Gasteiger partial charge is 0.408 e. The third-order valence-electron chi connectivity index (χ3n) is 1.53. The van der Waals surface area contributed by atoms with Crippen LogP contribution in [-0.4, -0.2) is 28.9 Å². The second-order valence-electron chi connectivity index (χ2n) is 4.08. The molecule has 0 saturated heterocycles. The summed E-state index contributed by atoms with van der Waals surface area (Å²) in [6.45, 7) is 6.87. The predicted molar refractivity (Wildman–Crippen MR) is 53.4 cm³/mol. The monoisotopic (exact) mass is 218 g/mol. The first kappa shape index (κ1) is 13.7. The van der Waals surface area contributed by atoms with Crippen molar-refractivity contribution < 1.29 is 19.5 Å². The zero-order valence-electron chi connectivity index (χ0n) is 9.46. The molecule has 15 heavy (non-hydrogen) atoms. The van der Waals surface area contributed by atoms with Crippen LogP contribution in [0.5, 0.6) is 0 Å². The fourth-order valence-corrected chi connectivity index (χ4v) is 0.881. The molecule has 6 nitrogen and oxygen atoms in total. The van der Waals surface area contributed by atoms with Gasteiger partial charge in [-0.2, -0.15) is 0 Å². The molecule has 0 bridgehead atoms. The van der Waals surface area contributed by atoms with E-state index in [2.05, 4.69) is 5.32 Å². The molecule has 0 aromatic heterocycles.